The number of rotatable bonds is 5. The van der Waals surface area contributed by atoms with E-state index in [2.05, 4.69) is 0 Å². The maximum atomic E-state index is 13.2. The van der Waals surface area contributed by atoms with Crippen molar-refractivity contribution in [1.82, 2.24) is 14.5 Å². The molecule has 146 valence electrons. The van der Waals surface area contributed by atoms with Crippen molar-refractivity contribution in [2.45, 2.75) is 33.4 Å². The summed E-state index contributed by atoms with van der Waals surface area (Å²) in [5.74, 6) is 0.313. The summed E-state index contributed by atoms with van der Waals surface area (Å²) in [5.41, 5.74) is 0.876. The Kier molecular flexibility index (Phi) is 6.06. The molecule has 7 heteroatoms. The summed E-state index contributed by atoms with van der Waals surface area (Å²) in [6.45, 7) is 6.54. The summed E-state index contributed by atoms with van der Waals surface area (Å²) in [6, 6.07) is 11.6. The molecule has 1 amide bonds. The first-order chi connectivity index (χ1) is 13.4. The predicted octanol–water partition coefficient (Wildman–Crippen LogP) is 4.95. The number of para-hydroxylation sites is 1. The Bertz CT molecular complexity index is 1090. The van der Waals surface area contributed by atoms with Crippen LogP contribution in [0.5, 0.6) is 0 Å². The van der Waals surface area contributed by atoms with Crippen molar-refractivity contribution in [3.05, 3.63) is 74.3 Å². The molecule has 0 aliphatic carbocycles. The average Bonchev–Trinajstić information content (AvgIpc) is 2.68. The number of nitrogens with zero attached hydrogens (tertiary/aromatic N) is 3. The molecule has 28 heavy (non-hydrogen) atoms. The van der Waals surface area contributed by atoms with Crippen molar-refractivity contribution >= 4 is 40.0 Å². The van der Waals surface area contributed by atoms with Crippen LogP contribution >= 0.6 is 23.2 Å². The molecular weight excluding hydrogens is 397 g/mol. The van der Waals surface area contributed by atoms with Crippen LogP contribution in [0.25, 0.3) is 10.9 Å². The van der Waals surface area contributed by atoms with Crippen molar-refractivity contribution in [2.75, 3.05) is 6.54 Å². The Morgan fingerprint density at radius 2 is 1.89 bits per heavy atom. The lowest BCUT2D eigenvalue weighted by atomic mass is 10.1. The second kappa shape index (κ2) is 8.33. The largest absolute Gasteiger partial charge is 0.329 e. The van der Waals surface area contributed by atoms with Crippen LogP contribution in [0.1, 0.15) is 43.0 Å². The van der Waals surface area contributed by atoms with Gasteiger partial charge in [0.2, 0.25) is 0 Å². The molecule has 3 aromatic rings. The van der Waals surface area contributed by atoms with Crippen LogP contribution in [-0.4, -0.2) is 26.9 Å². The zero-order valence-corrected chi connectivity index (χ0v) is 17.5. The van der Waals surface area contributed by atoms with E-state index in [0.29, 0.717) is 45.4 Å². The smallest absolute Gasteiger partial charge is 0.261 e. The second-order valence-electron chi connectivity index (χ2n) is 6.43. The second-order valence-corrected chi connectivity index (χ2v) is 7.27. The predicted molar refractivity (Wildman–Crippen MR) is 113 cm³/mol. The monoisotopic (exact) mass is 417 g/mol. The van der Waals surface area contributed by atoms with Crippen LogP contribution in [-0.2, 0) is 6.54 Å². The van der Waals surface area contributed by atoms with Crippen molar-refractivity contribution in [1.29, 1.82) is 0 Å². The van der Waals surface area contributed by atoms with E-state index in [0.717, 1.165) is 0 Å². The molecule has 2 aromatic carbocycles. The van der Waals surface area contributed by atoms with E-state index in [-0.39, 0.29) is 11.5 Å². The number of fused-ring (bicyclic) bond motifs is 1. The molecule has 5 nitrogen and oxygen atoms in total. The summed E-state index contributed by atoms with van der Waals surface area (Å²) >= 11 is 12.2. The third-order valence-electron chi connectivity index (χ3n) is 4.81. The molecule has 0 N–H and O–H groups in total. The number of aromatic nitrogens is 2. The van der Waals surface area contributed by atoms with Gasteiger partial charge >= 0.3 is 0 Å². The van der Waals surface area contributed by atoms with Gasteiger partial charge in [-0.15, -0.1) is 0 Å². The summed E-state index contributed by atoms with van der Waals surface area (Å²) in [4.78, 5) is 32.4. The molecule has 0 bridgehead atoms. The van der Waals surface area contributed by atoms with Crippen LogP contribution in [0.3, 0.4) is 0 Å². The molecule has 3 rings (SSSR count). The zero-order valence-electron chi connectivity index (χ0n) is 15.9. The third-order valence-corrected chi connectivity index (χ3v) is 5.36. The molecule has 0 saturated carbocycles. The van der Waals surface area contributed by atoms with E-state index in [1.807, 2.05) is 32.9 Å². The number of benzene rings is 2. The van der Waals surface area contributed by atoms with Crippen molar-refractivity contribution in [3.63, 3.8) is 0 Å². The van der Waals surface area contributed by atoms with Crippen LogP contribution < -0.4 is 5.56 Å². The van der Waals surface area contributed by atoms with Gasteiger partial charge in [-0.05, 0) is 51.1 Å². The van der Waals surface area contributed by atoms with Crippen LogP contribution in [0, 0.1) is 0 Å². The highest BCUT2D eigenvalue weighted by Crippen LogP contribution is 2.26. The number of halogens is 2. The highest BCUT2D eigenvalue weighted by molar-refractivity contribution is 6.36. The van der Waals surface area contributed by atoms with Crippen molar-refractivity contribution in [2.24, 2.45) is 0 Å². The fourth-order valence-corrected chi connectivity index (χ4v) is 3.85. The normalized spacial score (nSPS) is 12.2. The maximum absolute atomic E-state index is 13.2. The Balaban J connectivity index is 2.09. The van der Waals surface area contributed by atoms with Gasteiger partial charge < -0.3 is 4.90 Å². The van der Waals surface area contributed by atoms with Gasteiger partial charge in [-0.25, -0.2) is 4.98 Å². The van der Waals surface area contributed by atoms with Gasteiger partial charge in [-0.2, -0.15) is 0 Å². The Morgan fingerprint density at radius 1 is 1.18 bits per heavy atom. The van der Waals surface area contributed by atoms with Crippen molar-refractivity contribution in [3.8, 4) is 0 Å². The first-order valence-corrected chi connectivity index (χ1v) is 9.90. The van der Waals surface area contributed by atoms with E-state index in [1.54, 1.807) is 39.8 Å². The van der Waals surface area contributed by atoms with Gasteiger partial charge in [-0.3, -0.25) is 14.2 Å². The highest BCUT2D eigenvalue weighted by Gasteiger charge is 2.26. The first-order valence-electron chi connectivity index (χ1n) is 9.14. The Hall–Kier alpha value is -2.37. The number of hydrogen-bond acceptors (Lipinski definition) is 3. The number of amides is 1. The number of hydrogen-bond donors (Lipinski definition) is 0. The minimum Gasteiger partial charge on any atom is -0.329 e. The Labute approximate surface area is 173 Å². The SMILES string of the molecule is CCN(C(=O)c1ccc(Cl)cc1Cl)C(C)c1nc2ccccc2c(=O)n1CC. The quantitative estimate of drug-likeness (QED) is 0.590. The van der Waals surface area contributed by atoms with Crippen molar-refractivity contribution < 1.29 is 4.79 Å². The molecule has 0 fully saturated rings. The average molecular weight is 418 g/mol. The summed E-state index contributed by atoms with van der Waals surface area (Å²) in [6.07, 6.45) is 0. The maximum Gasteiger partial charge on any atom is 0.261 e. The molecule has 0 spiro atoms. The molecule has 1 aromatic heterocycles. The summed E-state index contributed by atoms with van der Waals surface area (Å²) in [7, 11) is 0. The molecule has 1 atom stereocenters. The lowest BCUT2D eigenvalue weighted by molar-refractivity contribution is 0.0691. The van der Waals surface area contributed by atoms with E-state index >= 15 is 0 Å². The minimum atomic E-state index is -0.415. The molecule has 0 aliphatic rings. The number of carbonyl (C=O) groups is 1. The van der Waals surface area contributed by atoms with Gasteiger partial charge in [0, 0.05) is 18.1 Å². The topological polar surface area (TPSA) is 55.2 Å². The van der Waals surface area contributed by atoms with Crippen LogP contribution in [0.2, 0.25) is 10.0 Å². The third kappa shape index (κ3) is 3.64. The highest BCUT2D eigenvalue weighted by atomic mass is 35.5. The molecule has 1 unspecified atom stereocenters. The van der Waals surface area contributed by atoms with Crippen LogP contribution in [0.15, 0.2) is 47.3 Å². The molecule has 0 saturated heterocycles. The molecular formula is C21H21Cl2N3O2. The van der Waals surface area contributed by atoms with Crippen LogP contribution in [0.4, 0.5) is 0 Å². The standard InChI is InChI=1S/C21H21Cl2N3O2/c1-4-25(20(27)15-11-10-14(22)12-17(15)23)13(3)19-24-18-9-7-6-8-16(18)21(28)26(19)5-2/h6-13H,4-5H2,1-3H3. The van der Waals surface area contributed by atoms with Gasteiger partial charge in [0.15, 0.2) is 0 Å². The molecule has 0 aliphatic heterocycles. The van der Waals surface area contributed by atoms with E-state index in [1.165, 1.54) is 0 Å². The fraction of sp³-hybridized carbons (Fsp3) is 0.286. The summed E-state index contributed by atoms with van der Waals surface area (Å²) < 4.78 is 1.62. The molecule has 1 heterocycles. The summed E-state index contributed by atoms with van der Waals surface area (Å²) in [5, 5.41) is 1.33. The zero-order chi connectivity index (χ0) is 20.4. The Morgan fingerprint density at radius 3 is 2.54 bits per heavy atom. The van der Waals surface area contributed by atoms with Gasteiger partial charge in [-0.1, -0.05) is 35.3 Å². The van der Waals surface area contributed by atoms with Gasteiger partial charge in [0.1, 0.15) is 5.82 Å². The lowest BCUT2D eigenvalue weighted by Crippen LogP contribution is -2.37. The lowest BCUT2D eigenvalue weighted by Gasteiger charge is -2.29. The van der Waals surface area contributed by atoms with E-state index in [9.17, 15) is 9.59 Å². The van der Waals surface area contributed by atoms with Gasteiger partial charge in [0.25, 0.3) is 11.5 Å². The number of carbonyl (C=O) groups excluding carboxylic acids is 1. The van der Waals surface area contributed by atoms with E-state index < -0.39 is 6.04 Å². The minimum absolute atomic E-state index is 0.108. The van der Waals surface area contributed by atoms with Gasteiger partial charge in [0.05, 0.1) is 27.5 Å². The van der Waals surface area contributed by atoms with E-state index in [4.69, 9.17) is 28.2 Å². The first kappa shape index (κ1) is 20.4. The fourth-order valence-electron chi connectivity index (χ4n) is 3.36. The molecule has 0 radical (unpaired) electrons.